The van der Waals surface area contributed by atoms with E-state index in [0.717, 1.165) is 12.3 Å². The molecule has 1 aliphatic heterocycles. The Morgan fingerprint density at radius 2 is 1.95 bits per heavy atom. The van der Waals surface area contributed by atoms with Crippen molar-refractivity contribution >= 4 is 12.0 Å². The monoisotopic (exact) mass is 270 g/mol. The predicted octanol–water partition coefficient (Wildman–Crippen LogP) is 1.11. The van der Waals surface area contributed by atoms with Crippen LogP contribution >= 0.6 is 0 Å². The van der Waals surface area contributed by atoms with E-state index in [4.69, 9.17) is 4.74 Å². The molecule has 1 heterocycles. The number of urea groups is 1. The van der Waals surface area contributed by atoms with Gasteiger partial charge in [0, 0.05) is 32.6 Å². The third-order valence-electron chi connectivity index (χ3n) is 4.17. The summed E-state index contributed by atoms with van der Waals surface area (Å²) in [5, 5.41) is 14.7. The first kappa shape index (κ1) is 14.1. The van der Waals surface area contributed by atoms with Crippen LogP contribution in [-0.2, 0) is 9.53 Å². The van der Waals surface area contributed by atoms with Gasteiger partial charge in [-0.05, 0) is 12.3 Å². The highest BCUT2D eigenvalue weighted by atomic mass is 16.5. The lowest BCUT2D eigenvalue weighted by Gasteiger charge is -2.34. The van der Waals surface area contributed by atoms with Gasteiger partial charge in [0.2, 0.25) is 0 Å². The van der Waals surface area contributed by atoms with E-state index < -0.39 is 11.5 Å². The van der Waals surface area contributed by atoms with E-state index in [1.165, 1.54) is 19.3 Å². The molecule has 2 fully saturated rings. The van der Waals surface area contributed by atoms with Gasteiger partial charge in [0.05, 0.1) is 0 Å². The van der Waals surface area contributed by atoms with E-state index in [1.807, 2.05) is 0 Å². The first-order valence-electron chi connectivity index (χ1n) is 6.99. The third kappa shape index (κ3) is 3.59. The number of hydrogen-bond acceptors (Lipinski definition) is 3. The number of aliphatic carboxylic acids is 1. The highest BCUT2D eigenvalue weighted by Gasteiger charge is 2.41. The summed E-state index contributed by atoms with van der Waals surface area (Å²) in [5.74, 6) is -0.248. The van der Waals surface area contributed by atoms with Crippen molar-refractivity contribution in [3.05, 3.63) is 0 Å². The number of rotatable bonds is 5. The highest BCUT2D eigenvalue weighted by molar-refractivity contribution is 5.86. The molecule has 1 saturated carbocycles. The zero-order valence-electron chi connectivity index (χ0n) is 11.1. The summed E-state index contributed by atoms with van der Waals surface area (Å²) in [6.45, 7) is 1.35. The molecule has 2 aliphatic rings. The van der Waals surface area contributed by atoms with Crippen LogP contribution in [0.2, 0.25) is 0 Å². The van der Waals surface area contributed by atoms with Crippen LogP contribution in [0.3, 0.4) is 0 Å². The van der Waals surface area contributed by atoms with Crippen molar-refractivity contribution in [2.45, 2.75) is 44.1 Å². The second kappa shape index (κ2) is 6.23. The van der Waals surface area contributed by atoms with Crippen molar-refractivity contribution in [2.24, 2.45) is 5.92 Å². The molecule has 0 aromatic carbocycles. The minimum atomic E-state index is -1.17. The standard InChI is InChI=1S/C13H22N2O4/c16-11(17)13(5-8-19-9-6-13)15-12(18)14-7-4-10-2-1-3-10/h10H,1-9H2,(H,16,17)(H2,14,15,18). The van der Waals surface area contributed by atoms with Crippen molar-refractivity contribution in [3.63, 3.8) is 0 Å². The number of carboxylic acid groups (broad SMARTS) is 1. The molecule has 0 aromatic heterocycles. The molecule has 6 heteroatoms. The second-order valence-electron chi connectivity index (χ2n) is 5.47. The molecule has 1 aliphatic carbocycles. The van der Waals surface area contributed by atoms with Crippen molar-refractivity contribution in [1.82, 2.24) is 10.6 Å². The Kier molecular flexibility index (Phi) is 4.63. The lowest BCUT2D eigenvalue weighted by Crippen LogP contribution is -2.59. The SMILES string of the molecule is O=C(NCCC1CCC1)NC1(C(=O)O)CCOCC1. The van der Waals surface area contributed by atoms with E-state index in [-0.39, 0.29) is 6.03 Å². The van der Waals surface area contributed by atoms with Crippen LogP contribution in [0.25, 0.3) is 0 Å². The van der Waals surface area contributed by atoms with Gasteiger partial charge in [-0.1, -0.05) is 19.3 Å². The molecule has 0 atom stereocenters. The highest BCUT2D eigenvalue weighted by Crippen LogP contribution is 2.28. The maximum absolute atomic E-state index is 11.8. The molecule has 0 bridgehead atoms. The Hall–Kier alpha value is -1.30. The Morgan fingerprint density at radius 3 is 2.47 bits per heavy atom. The number of amides is 2. The van der Waals surface area contributed by atoms with Gasteiger partial charge < -0.3 is 20.5 Å². The van der Waals surface area contributed by atoms with E-state index >= 15 is 0 Å². The van der Waals surface area contributed by atoms with Crippen molar-refractivity contribution in [3.8, 4) is 0 Å². The fraction of sp³-hybridized carbons (Fsp3) is 0.846. The van der Waals surface area contributed by atoms with Crippen LogP contribution in [0, 0.1) is 5.92 Å². The molecule has 0 aromatic rings. The zero-order valence-corrected chi connectivity index (χ0v) is 11.1. The quantitative estimate of drug-likeness (QED) is 0.698. The fourth-order valence-corrected chi connectivity index (χ4v) is 2.55. The Morgan fingerprint density at radius 1 is 1.26 bits per heavy atom. The van der Waals surface area contributed by atoms with Crippen LogP contribution in [0.5, 0.6) is 0 Å². The molecular formula is C13H22N2O4. The zero-order chi connectivity index (χ0) is 13.7. The van der Waals surface area contributed by atoms with Crippen LogP contribution in [0.1, 0.15) is 38.5 Å². The summed E-state index contributed by atoms with van der Waals surface area (Å²) in [6, 6.07) is -0.386. The number of hydrogen-bond donors (Lipinski definition) is 3. The van der Waals surface area contributed by atoms with E-state index in [1.54, 1.807) is 0 Å². The van der Waals surface area contributed by atoms with Crippen molar-refractivity contribution in [2.75, 3.05) is 19.8 Å². The minimum absolute atomic E-state index is 0.318. The van der Waals surface area contributed by atoms with Crippen LogP contribution < -0.4 is 10.6 Å². The van der Waals surface area contributed by atoms with Gasteiger partial charge in [0.1, 0.15) is 5.54 Å². The molecule has 2 amide bonds. The summed E-state index contributed by atoms with van der Waals surface area (Å²) in [4.78, 5) is 23.1. The Bertz CT molecular complexity index is 336. The number of carbonyl (C=O) groups is 2. The third-order valence-corrected chi connectivity index (χ3v) is 4.17. The average Bonchev–Trinajstić information content (AvgIpc) is 2.33. The molecule has 0 radical (unpaired) electrons. The number of carbonyl (C=O) groups excluding carboxylic acids is 1. The van der Waals surface area contributed by atoms with Gasteiger partial charge in [0.15, 0.2) is 0 Å². The summed E-state index contributed by atoms with van der Waals surface area (Å²) in [6.07, 6.45) is 5.41. The van der Waals surface area contributed by atoms with E-state index in [2.05, 4.69) is 10.6 Å². The Labute approximate surface area is 112 Å². The topological polar surface area (TPSA) is 87.7 Å². The summed E-state index contributed by atoms with van der Waals surface area (Å²) >= 11 is 0. The van der Waals surface area contributed by atoms with Crippen molar-refractivity contribution < 1.29 is 19.4 Å². The van der Waals surface area contributed by atoms with E-state index in [9.17, 15) is 14.7 Å². The maximum atomic E-state index is 11.8. The van der Waals surface area contributed by atoms with Gasteiger partial charge in [-0.15, -0.1) is 0 Å². The average molecular weight is 270 g/mol. The molecule has 6 nitrogen and oxygen atoms in total. The van der Waals surface area contributed by atoms with Gasteiger partial charge in [-0.3, -0.25) is 0 Å². The first-order chi connectivity index (χ1) is 9.12. The summed E-state index contributed by atoms with van der Waals surface area (Å²) in [7, 11) is 0. The second-order valence-corrected chi connectivity index (χ2v) is 5.47. The predicted molar refractivity (Wildman–Crippen MR) is 68.9 cm³/mol. The van der Waals surface area contributed by atoms with Gasteiger partial charge in [-0.2, -0.15) is 0 Å². The van der Waals surface area contributed by atoms with E-state index in [0.29, 0.717) is 32.6 Å². The lowest BCUT2D eigenvalue weighted by molar-refractivity contribution is -0.148. The summed E-state index contributed by atoms with van der Waals surface area (Å²) < 4.78 is 5.16. The first-order valence-corrected chi connectivity index (χ1v) is 6.99. The molecule has 19 heavy (non-hydrogen) atoms. The van der Waals surface area contributed by atoms with Crippen LogP contribution in [0.15, 0.2) is 0 Å². The largest absolute Gasteiger partial charge is 0.480 e. The molecular weight excluding hydrogens is 248 g/mol. The number of nitrogens with one attached hydrogen (secondary N) is 2. The molecule has 0 spiro atoms. The molecule has 0 unspecified atom stereocenters. The summed E-state index contributed by atoms with van der Waals surface area (Å²) in [5.41, 5.74) is -1.17. The fourth-order valence-electron chi connectivity index (χ4n) is 2.55. The Balaban J connectivity index is 1.76. The molecule has 1 saturated heterocycles. The van der Waals surface area contributed by atoms with Gasteiger partial charge in [-0.25, -0.2) is 9.59 Å². The van der Waals surface area contributed by atoms with Gasteiger partial charge in [0.25, 0.3) is 0 Å². The normalized spacial score (nSPS) is 22.3. The maximum Gasteiger partial charge on any atom is 0.329 e. The minimum Gasteiger partial charge on any atom is -0.480 e. The van der Waals surface area contributed by atoms with Gasteiger partial charge >= 0.3 is 12.0 Å². The number of carboxylic acids is 1. The number of ether oxygens (including phenoxy) is 1. The lowest BCUT2D eigenvalue weighted by atomic mass is 9.83. The van der Waals surface area contributed by atoms with Crippen LogP contribution in [0.4, 0.5) is 4.79 Å². The van der Waals surface area contributed by atoms with Crippen LogP contribution in [-0.4, -0.2) is 42.4 Å². The smallest absolute Gasteiger partial charge is 0.329 e. The molecule has 3 N–H and O–H groups in total. The molecule has 2 rings (SSSR count). The molecule has 108 valence electrons. The van der Waals surface area contributed by atoms with Crippen molar-refractivity contribution in [1.29, 1.82) is 0 Å².